The first-order valence-corrected chi connectivity index (χ1v) is 7.36. The van der Waals surface area contributed by atoms with Crippen LogP contribution in [0.4, 0.5) is 10.1 Å². The number of rotatable bonds is 2. The number of hydrogen-bond donors (Lipinski definition) is 2. The van der Waals surface area contributed by atoms with Gasteiger partial charge in [-0.05, 0) is 74.1 Å². The van der Waals surface area contributed by atoms with Gasteiger partial charge in [0.15, 0.2) is 0 Å². The summed E-state index contributed by atoms with van der Waals surface area (Å²) in [5.74, 6) is 1.71. The molecule has 0 heterocycles. The molecule has 1 aromatic rings. The quantitative estimate of drug-likeness (QED) is 0.857. The Morgan fingerprint density at radius 3 is 2.26 bits per heavy atom. The number of anilines is 1. The van der Waals surface area contributed by atoms with Crippen LogP contribution in [0.15, 0.2) is 24.3 Å². The average molecular weight is 261 g/mol. The van der Waals surface area contributed by atoms with Crippen LogP contribution in [0.5, 0.6) is 0 Å². The van der Waals surface area contributed by atoms with E-state index in [0.717, 1.165) is 30.9 Å². The van der Waals surface area contributed by atoms with Crippen molar-refractivity contribution in [2.45, 2.75) is 43.7 Å². The van der Waals surface area contributed by atoms with Gasteiger partial charge >= 0.3 is 0 Å². The normalized spacial score (nSPS) is 43.5. The molecule has 5 rings (SSSR count). The predicted molar refractivity (Wildman–Crippen MR) is 72.3 cm³/mol. The molecule has 0 amide bonds. The van der Waals surface area contributed by atoms with E-state index in [1.54, 1.807) is 0 Å². The van der Waals surface area contributed by atoms with E-state index in [1.807, 2.05) is 12.1 Å². The van der Waals surface area contributed by atoms with Crippen molar-refractivity contribution in [2.75, 3.05) is 5.32 Å². The van der Waals surface area contributed by atoms with Crippen molar-refractivity contribution in [3.8, 4) is 0 Å². The first kappa shape index (κ1) is 11.7. The zero-order valence-corrected chi connectivity index (χ0v) is 11.0. The van der Waals surface area contributed by atoms with E-state index < -0.39 is 0 Å². The van der Waals surface area contributed by atoms with Gasteiger partial charge in [-0.3, -0.25) is 0 Å². The van der Waals surface area contributed by atoms with Gasteiger partial charge in [-0.2, -0.15) is 0 Å². The fraction of sp³-hybridized carbons (Fsp3) is 0.625. The van der Waals surface area contributed by atoms with Crippen LogP contribution in [-0.2, 0) is 0 Å². The SMILES string of the molecule is OC12CC3CC(C1)C(Nc1ccc(F)cc1)C(C3)C2. The second kappa shape index (κ2) is 3.95. The highest BCUT2D eigenvalue weighted by Gasteiger charge is 2.54. The Labute approximate surface area is 113 Å². The monoisotopic (exact) mass is 261 g/mol. The molecule has 1 aromatic carbocycles. The zero-order chi connectivity index (χ0) is 13.0. The molecule has 4 bridgehead atoms. The van der Waals surface area contributed by atoms with Gasteiger partial charge in [0.2, 0.25) is 0 Å². The van der Waals surface area contributed by atoms with Gasteiger partial charge in [0.25, 0.3) is 0 Å². The molecule has 2 nitrogen and oxygen atoms in total. The Kier molecular flexibility index (Phi) is 2.44. The second-order valence-corrected chi connectivity index (χ2v) is 6.87. The van der Waals surface area contributed by atoms with Crippen molar-refractivity contribution >= 4 is 5.69 Å². The maximum atomic E-state index is 12.9. The summed E-state index contributed by atoms with van der Waals surface area (Å²) < 4.78 is 12.9. The van der Waals surface area contributed by atoms with Crippen LogP contribution < -0.4 is 5.32 Å². The Hall–Kier alpha value is -1.09. The van der Waals surface area contributed by atoms with Crippen LogP contribution in [0.3, 0.4) is 0 Å². The summed E-state index contributed by atoms with van der Waals surface area (Å²) in [6, 6.07) is 7.10. The van der Waals surface area contributed by atoms with Gasteiger partial charge in [0.1, 0.15) is 5.82 Å². The van der Waals surface area contributed by atoms with Crippen molar-refractivity contribution in [3.63, 3.8) is 0 Å². The van der Waals surface area contributed by atoms with Crippen molar-refractivity contribution in [1.29, 1.82) is 0 Å². The lowest BCUT2D eigenvalue weighted by Crippen LogP contribution is -2.58. The molecule has 4 aliphatic carbocycles. The third-order valence-corrected chi connectivity index (χ3v) is 5.42. The second-order valence-electron chi connectivity index (χ2n) is 6.87. The lowest BCUT2D eigenvalue weighted by atomic mass is 9.52. The Balaban J connectivity index is 1.55. The third-order valence-electron chi connectivity index (χ3n) is 5.42. The molecule has 19 heavy (non-hydrogen) atoms. The van der Waals surface area contributed by atoms with E-state index in [-0.39, 0.29) is 11.4 Å². The van der Waals surface area contributed by atoms with Gasteiger partial charge in [-0.25, -0.2) is 4.39 Å². The molecule has 4 saturated carbocycles. The van der Waals surface area contributed by atoms with E-state index in [9.17, 15) is 9.50 Å². The van der Waals surface area contributed by atoms with Crippen molar-refractivity contribution in [1.82, 2.24) is 0 Å². The zero-order valence-electron chi connectivity index (χ0n) is 11.0. The van der Waals surface area contributed by atoms with Gasteiger partial charge in [0, 0.05) is 11.7 Å². The fourth-order valence-electron chi connectivity index (χ4n) is 4.96. The Bertz CT molecular complexity index is 470. The minimum Gasteiger partial charge on any atom is -0.390 e. The largest absolute Gasteiger partial charge is 0.390 e. The highest BCUT2D eigenvalue weighted by atomic mass is 19.1. The summed E-state index contributed by atoms with van der Waals surface area (Å²) >= 11 is 0. The molecule has 2 unspecified atom stereocenters. The molecule has 4 aliphatic rings. The van der Waals surface area contributed by atoms with Gasteiger partial charge in [-0.15, -0.1) is 0 Å². The molecular formula is C16H20FNO. The number of nitrogens with one attached hydrogen (secondary N) is 1. The van der Waals surface area contributed by atoms with Crippen LogP contribution in [0.2, 0.25) is 0 Å². The number of benzene rings is 1. The van der Waals surface area contributed by atoms with Crippen molar-refractivity contribution in [2.24, 2.45) is 17.8 Å². The van der Waals surface area contributed by atoms with E-state index >= 15 is 0 Å². The number of aliphatic hydroxyl groups is 1. The van der Waals surface area contributed by atoms with Crippen molar-refractivity contribution in [3.05, 3.63) is 30.1 Å². The lowest BCUT2D eigenvalue weighted by Gasteiger charge is -2.58. The average Bonchev–Trinajstić information content (AvgIpc) is 2.34. The molecule has 102 valence electrons. The van der Waals surface area contributed by atoms with E-state index in [4.69, 9.17) is 0 Å². The predicted octanol–water partition coefficient (Wildman–Crippen LogP) is 3.18. The third kappa shape index (κ3) is 1.95. The van der Waals surface area contributed by atoms with Crippen LogP contribution in [0.1, 0.15) is 32.1 Å². The molecule has 3 heteroatoms. The van der Waals surface area contributed by atoms with Crippen LogP contribution in [0.25, 0.3) is 0 Å². The maximum absolute atomic E-state index is 12.9. The first-order valence-electron chi connectivity index (χ1n) is 7.36. The Morgan fingerprint density at radius 1 is 1.05 bits per heavy atom. The minimum atomic E-state index is -0.378. The molecule has 4 fully saturated rings. The number of halogens is 1. The highest BCUT2D eigenvalue weighted by Crippen LogP contribution is 2.56. The van der Waals surface area contributed by atoms with Gasteiger partial charge in [-0.1, -0.05) is 0 Å². The molecule has 0 spiro atoms. The summed E-state index contributed by atoms with van der Waals surface area (Å²) in [6.45, 7) is 0. The fourth-order valence-corrected chi connectivity index (χ4v) is 4.96. The molecule has 0 radical (unpaired) electrons. The maximum Gasteiger partial charge on any atom is 0.123 e. The smallest absolute Gasteiger partial charge is 0.123 e. The van der Waals surface area contributed by atoms with Crippen LogP contribution >= 0.6 is 0 Å². The van der Waals surface area contributed by atoms with Gasteiger partial charge < -0.3 is 10.4 Å². The molecule has 2 N–H and O–H groups in total. The highest BCUT2D eigenvalue weighted by molar-refractivity contribution is 5.44. The summed E-state index contributed by atoms with van der Waals surface area (Å²) in [6.07, 6.45) is 5.40. The number of hydrogen-bond acceptors (Lipinski definition) is 2. The molecular weight excluding hydrogens is 241 g/mol. The summed E-state index contributed by atoms with van der Waals surface area (Å²) in [7, 11) is 0. The van der Waals surface area contributed by atoms with Gasteiger partial charge in [0.05, 0.1) is 5.60 Å². The summed E-state index contributed by atoms with van der Waals surface area (Å²) in [4.78, 5) is 0. The molecule has 0 aromatic heterocycles. The van der Waals surface area contributed by atoms with E-state index in [2.05, 4.69) is 5.32 Å². The summed E-state index contributed by atoms with van der Waals surface area (Å²) in [5, 5.41) is 14.1. The van der Waals surface area contributed by atoms with E-state index in [1.165, 1.54) is 25.0 Å². The Morgan fingerprint density at radius 2 is 1.68 bits per heavy atom. The topological polar surface area (TPSA) is 32.3 Å². The van der Waals surface area contributed by atoms with Crippen molar-refractivity contribution < 1.29 is 9.50 Å². The molecule has 0 aliphatic heterocycles. The van der Waals surface area contributed by atoms with Crippen LogP contribution in [0, 0.1) is 23.6 Å². The molecule has 0 saturated heterocycles. The standard InChI is InChI=1S/C16H20FNO/c17-13-1-3-14(4-2-13)18-15-11-5-10-6-12(15)9-16(19,7-10)8-11/h1-4,10-12,15,18-19H,5-9H2. The van der Waals surface area contributed by atoms with Crippen LogP contribution in [-0.4, -0.2) is 16.7 Å². The molecule has 2 atom stereocenters. The summed E-state index contributed by atoms with van der Waals surface area (Å²) in [5.41, 5.74) is 0.628. The lowest BCUT2D eigenvalue weighted by molar-refractivity contribution is -0.129. The minimum absolute atomic E-state index is 0.190. The van der Waals surface area contributed by atoms with E-state index in [0.29, 0.717) is 17.9 Å². The first-order chi connectivity index (χ1) is 9.11.